The SMILES string of the molecule is O=C[C@@H]1CCCCCOc2cccc(c2)-c2ncccc2C(=O)N1. The number of nitrogens with zero attached hydrogens (tertiary/aromatic N) is 1. The monoisotopic (exact) mass is 324 g/mol. The third kappa shape index (κ3) is 3.79. The van der Waals surface area contributed by atoms with Crippen molar-refractivity contribution in [2.75, 3.05) is 6.61 Å². The number of benzene rings is 1. The Hall–Kier alpha value is -2.69. The first-order chi connectivity index (χ1) is 11.8. The number of fused-ring (bicyclic) bond motifs is 4. The molecule has 2 aromatic rings. The zero-order valence-corrected chi connectivity index (χ0v) is 13.4. The smallest absolute Gasteiger partial charge is 0.254 e. The highest BCUT2D eigenvalue weighted by Gasteiger charge is 2.18. The first-order valence-electron chi connectivity index (χ1n) is 8.22. The van der Waals surface area contributed by atoms with Crippen LogP contribution in [0, 0.1) is 0 Å². The van der Waals surface area contributed by atoms with Gasteiger partial charge in [0.15, 0.2) is 0 Å². The second-order valence-electron chi connectivity index (χ2n) is 5.84. The van der Waals surface area contributed by atoms with Crippen LogP contribution < -0.4 is 10.1 Å². The lowest BCUT2D eigenvalue weighted by molar-refractivity contribution is -0.109. The number of amides is 1. The predicted octanol–water partition coefficient (Wildman–Crippen LogP) is 3.00. The highest BCUT2D eigenvalue weighted by Crippen LogP contribution is 2.25. The summed E-state index contributed by atoms with van der Waals surface area (Å²) in [7, 11) is 0. The minimum atomic E-state index is -0.472. The Balaban J connectivity index is 2.00. The molecule has 24 heavy (non-hydrogen) atoms. The van der Waals surface area contributed by atoms with E-state index in [9.17, 15) is 9.59 Å². The zero-order valence-electron chi connectivity index (χ0n) is 13.4. The fraction of sp³-hybridized carbons (Fsp3) is 0.316. The maximum absolute atomic E-state index is 12.6. The molecule has 0 saturated carbocycles. The van der Waals surface area contributed by atoms with E-state index in [1.807, 2.05) is 24.3 Å². The van der Waals surface area contributed by atoms with Gasteiger partial charge in [0.1, 0.15) is 12.0 Å². The van der Waals surface area contributed by atoms with Gasteiger partial charge in [-0.1, -0.05) is 18.6 Å². The van der Waals surface area contributed by atoms with Crippen molar-refractivity contribution < 1.29 is 14.3 Å². The minimum Gasteiger partial charge on any atom is -0.494 e. The van der Waals surface area contributed by atoms with Gasteiger partial charge in [0.05, 0.1) is 23.9 Å². The molecular weight excluding hydrogens is 304 g/mol. The van der Waals surface area contributed by atoms with Gasteiger partial charge < -0.3 is 14.8 Å². The molecule has 1 amide bonds. The normalized spacial score (nSPS) is 18.5. The summed E-state index contributed by atoms with van der Waals surface area (Å²) in [5.74, 6) is 0.492. The van der Waals surface area contributed by atoms with Crippen LogP contribution in [0.3, 0.4) is 0 Å². The highest BCUT2D eigenvalue weighted by molar-refractivity contribution is 6.00. The topological polar surface area (TPSA) is 68.3 Å². The van der Waals surface area contributed by atoms with Crippen molar-refractivity contribution in [2.24, 2.45) is 0 Å². The predicted molar refractivity (Wildman–Crippen MR) is 91.0 cm³/mol. The summed E-state index contributed by atoms with van der Waals surface area (Å²) < 4.78 is 5.79. The fourth-order valence-electron chi connectivity index (χ4n) is 2.81. The fourth-order valence-corrected chi connectivity index (χ4v) is 2.81. The van der Waals surface area contributed by atoms with E-state index in [0.29, 0.717) is 24.3 Å². The highest BCUT2D eigenvalue weighted by atomic mass is 16.5. The van der Waals surface area contributed by atoms with Gasteiger partial charge >= 0.3 is 0 Å². The van der Waals surface area contributed by atoms with E-state index in [4.69, 9.17) is 4.74 Å². The molecule has 1 atom stereocenters. The Morgan fingerprint density at radius 2 is 2.08 bits per heavy atom. The number of nitrogens with one attached hydrogen (secondary N) is 1. The van der Waals surface area contributed by atoms with Crippen LogP contribution in [-0.4, -0.2) is 29.8 Å². The Kier molecular flexibility index (Phi) is 5.21. The maximum Gasteiger partial charge on any atom is 0.254 e. The molecule has 124 valence electrons. The maximum atomic E-state index is 12.6. The number of rotatable bonds is 1. The van der Waals surface area contributed by atoms with Gasteiger partial charge in [0, 0.05) is 11.8 Å². The zero-order chi connectivity index (χ0) is 16.8. The standard InChI is InChI=1S/C19H20N2O3/c22-13-15-7-2-1-3-11-24-16-8-4-6-14(12-16)18-17(19(23)21-15)9-5-10-20-18/h4-6,8-10,12-13,15H,1-3,7,11H2,(H,21,23)/t15-/m0/s1. The Morgan fingerprint density at radius 3 is 2.96 bits per heavy atom. The van der Waals surface area contributed by atoms with E-state index in [1.54, 1.807) is 18.3 Å². The molecule has 2 heterocycles. The molecule has 5 heteroatoms. The van der Waals surface area contributed by atoms with E-state index in [2.05, 4.69) is 10.3 Å². The lowest BCUT2D eigenvalue weighted by Crippen LogP contribution is -2.36. The summed E-state index contributed by atoms with van der Waals surface area (Å²) in [4.78, 5) is 28.2. The Labute approximate surface area is 141 Å². The van der Waals surface area contributed by atoms with Crippen LogP contribution in [0.5, 0.6) is 5.75 Å². The molecule has 5 nitrogen and oxygen atoms in total. The van der Waals surface area contributed by atoms with E-state index in [-0.39, 0.29) is 5.91 Å². The average molecular weight is 324 g/mol. The Morgan fingerprint density at radius 1 is 1.17 bits per heavy atom. The first-order valence-corrected chi connectivity index (χ1v) is 8.22. The van der Waals surface area contributed by atoms with Gasteiger partial charge in [0.2, 0.25) is 0 Å². The molecule has 1 aliphatic rings. The van der Waals surface area contributed by atoms with Crippen LogP contribution in [-0.2, 0) is 4.79 Å². The number of ether oxygens (including phenoxy) is 1. The number of pyridine rings is 1. The van der Waals surface area contributed by atoms with Crippen LogP contribution in [0.4, 0.5) is 0 Å². The molecule has 0 unspecified atom stereocenters. The summed E-state index contributed by atoms with van der Waals surface area (Å²) in [6, 6.07) is 10.6. The average Bonchev–Trinajstić information content (AvgIpc) is 2.63. The van der Waals surface area contributed by atoms with Crippen LogP contribution >= 0.6 is 0 Å². The van der Waals surface area contributed by atoms with Crippen molar-refractivity contribution in [1.29, 1.82) is 0 Å². The first kappa shape index (κ1) is 16.2. The van der Waals surface area contributed by atoms with Gasteiger partial charge in [-0.2, -0.15) is 0 Å². The van der Waals surface area contributed by atoms with E-state index in [0.717, 1.165) is 36.9 Å². The summed E-state index contributed by atoms with van der Waals surface area (Å²) in [5, 5.41) is 2.81. The molecule has 1 aromatic heterocycles. The lowest BCUT2D eigenvalue weighted by atomic mass is 10.0. The van der Waals surface area contributed by atoms with Crippen LogP contribution in [0.25, 0.3) is 11.3 Å². The third-order valence-corrected chi connectivity index (χ3v) is 4.07. The van der Waals surface area contributed by atoms with Gasteiger partial charge in [-0.3, -0.25) is 9.78 Å². The number of hydrogen-bond acceptors (Lipinski definition) is 4. The molecule has 1 aromatic carbocycles. The summed E-state index contributed by atoms with van der Waals surface area (Å²) in [6.45, 7) is 0.636. The number of hydrogen-bond donors (Lipinski definition) is 1. The quantitative estimate of drug-likeness (QED) is 0.819. The van der Waals surface area contributed by atoms with Crippen molar-refractivity contribution in [3.05, 3.63) is 48.2 Å². The molecule has 0 saturated heterocycles. The van der Waals surface area contributed by atoms with Crippen LogP contribution in [0.1, 0.15) is 36.0 Å². The molecular formula is C19H20N2O3. The molecule has 0 fully saturated rings. The van der Waals surface area contributed by atoms with Gasteiger partial charge in [-0.15, -0.1) is 0 Å². The number of carbonyl (C=O) groups is 2. The second-order valence-corrected chi connectivity index (χ2v) is 5.84. The third-order valence-electron chi connectivity index (χ3n) is 4.07. The molecule has 0 aliphatic carbocycles. The number of carbonyl (C=O) groups excluding carboxylic acids is 2. The molecule has 0 radical (unpaired) electrons. The second kappa shape index (κ2) is 7.73. The largest absolute Gasteiger partial charge is 0.494 e. The van der Waals surface area contributed by atoms with Crippen molar-refractivity contribution in [3.8, 4) is 17.0 Å². The van der Waals surface area contributed by atoms with Gasteiger partial charge in [0.25, 0.3) is 5.91 Å². The van der Waals surface area contributed by atoms with Crippen LogP contribution in [0.15, 0.2) is 42.6 Å². The van der Waals surface area contributed by atoms with E-state index >= 15 is 0 Å². The molecule has 3 rings (SSSR count). The lowest BCUT2D eigenvalue weighted by Gasteiger charge is -2.16. The molecule has 2 bridgehead atoms. The van der Waals surface area contributed by atoms with Gasteiger partial charge in [-0.05, 0) is 43.5 Å². The van der Waals surface area contributed by atoms with Crippen molar-refractivity contribution >= 4 is 12.2 Å². The summed E-state index contributed by atoms with van der Waals surface area (Å²) >= 11 is 0. The van der Waals surface area contributed by atoms with E-state index in [1.165, 1.54) is 0 Å². The van der Waals surface area contributed by atoms with Crippen molar-refractivity contribution in [3.63, 3.8) is 0 Å². The summed E-state index contributed by atoms with van der Waals surface area (Å²) in [6.07, 6.45) is 5.83. The summed E-state index contributed by atoms with van der Waals surface area (Å²) in [5.41, 5.74) is 1.86. The number of aldehydes is 1. The van der Waals surface area contributed by atoms with Gasteiger partial charge in [-0.25, -0.2) is 0 Å². The van der Waals surface area contributed by atoms with Crippen LogP contribution in [0.2, 0.25) is 0 Å². The van der Waals surface area contributed by atoms with Crippen molar-refractivity contribution in [2.45, 2.75) is 31.7 Å². The number of aromatic nitrogens is 1. The molecule has 1 aliphatic heterocycles. The molecule has 1 N–H and O–H groups in total. The van der Waals surface area contributed by atoms with E-state index < -0.39 is 6.04 Å². The minimum absolute atomic E-state index is 0.279. The molecule has 0 spiro atoms. The Bertz CT molecular complexity index is 730. The van der Waals surface area contributed by atoms with Crippen molar-refractivity contribution in [1.82, 2.24) is 10.3 Å².